The summed E-state index contributed by atoms with van der Waals surface area (Å²) in [7, 11) is 0. The molecular formula is C11H10BrN3. The van der Waals surface area contributed by atoms with Crippen LogP contribution in [0.3, 0.4) is 0 Å². The molecule has 0 spiro atoms. The number of aromatic nitrogens is 2. The maximum Gasteiger partial charge on any atom is 0.260 e. The maximum absolute atomic E-state index is 7.20. The van der Waals surface area contributed by atoms with Crippen molar-refractivity contribution in [3.63, 3.8) is 0 Å². The van der Waals surface area contributed by atoms with Gasteiger partial charge in [0.1, 0.15) is 11.6 Å². The van der Waals surface area contributed by atoms with Gasteiger partial charge in [-0.05, 0) is 32.0 Å². The van der Waals surface area contributed by atoms with Crippen LogP contribution in [0, 0.1) is 6.57 Å². The molecule has 0 unspecified atom stereocenters. The summed E-state index contributed by atoms with van der Waals surface area (Å²) in [6, 6.07) is 6.01. The Hall–Kier alpha value is -1.34. The summed E-state index contributed by atoms with van der Waals surface area (Å²) in [5.74, 6) is 0.612. The van der Waals surface area contributed by atoms with Crippen LogP contribution in [0.15, 0.2) is 22.7 Å². The Balaban J connectivity index is 2.81. The van der Waals surface area contributed by atoms with Gasteiger partial charge in [-0.25, -0.2) is 0 Å². The van der Waals surface area contributed by atoms with E-state index in [4.69, 9.17) is 6.57 Å². The van der Waals surface area contributed by atoms with Crippen molar-refractivity contribution in [3.05, 3.63) is 34.1 Å². The quantitative estimate of drug-likeness (QED) is 0.715. The van der Waals surface area contributed by atoms with Gasteiger partial charge in [-0.2, -0.15) is 4.68 Å². The molecule has 3 nitrogen and oxygen atoms in total. The molecule has 1 aromatic heterocycles. The third-order valence-electron chi connectivity index (χ3n) is 2.23. The molecule has 0 saturated carbocycles. The van der Waals surface area contributed by atoms with Crippen molar-refractivity contribution in [1.29, 1.82) is 0 Å². The Kier molecular flexibility index (Phi) is 2.49. The zero-order chi connectivity index (χ0) is 11.0. The lowest BCUT2D eigenvalue weighted by Crippen LogP contribution is -2.00. The highest BCUT2D eigenvalue weighted by Crippen LogP contribution is 2.30. The highest BCUT2D eigenvalue weighted by Gasteiger charge is 2.14. The van der Waals surface area contributed by atoms with E-state index in [1.165, 1.54) is 0 Å². The second-order valence-electron chi connectivity index (χ2n) is 3.64. The van der Waals surface area contributed by atoms with Gasteiger partial charge in [0.15, 0.2) is 0 Å². The number of hydrogen-bond donors (Lipinski definition) is 0. The first kappa shape index (κ1) is 10.2. The lowest BCUT2D eigenvalue weighted by atomic mass is 10.2. The first-order valence-electron chi connectivity index (χ1n) is 4.68. The summed E-state index contributed by atoms with van der Waals surface area (Å²) in [6.45, 7) is 11.2. The average Bonchev–Trinajstić information content (AvgIpc) is 2.55. The maximum atomic E-state index is 7.20. The molecule has 0 atom stereocenters. The summed E-state index contributed by atoms with van der Waals surface area (Å²) in [5.41, 5.74) is 0.873. The molecule has 2 aromatic rings. The van der Waals surface area contributed by atoms with Crippen LogP contribution in [-0.4, -0.2) is 9.78 Å². The molecule has 0 aliphatic rings. The molecule has 1 aromatic carbocycles. The Bertz CT molecular complexity index is 549. The predicted molar refractivity (Wildman–Crippen MR) is 64.1 cm³/mol. The summed E-state index contributed by atoms with van der Waals surface area (Å²) < 4.78 is 2.74. The Morgan fingerprint density at radius 3 is 2.80 bits per heavy atom. The summed E-state index contributed by atoms with van der Waals surface area (Å²) in [6.07, 6.45) is 0. The normalized spacial score (nSPS) is 10.9. The largest absolute Gasteiger partial charge is 0.362 e. The van der Waals surface area contributed by atoms with Crippen LogP contribution in [0.1, 0.15) is 19.9 Å². The van der Waals surface area contributed by atoms with Crippen molar-refractivity contribution in [2.45, 2.75) is 19.9 Å². The van der Waals surface area contributed by atoms with Gasteiger partial charge in [0.25, 0.3) is 5.82 Å². The van der Waals surface area contributed by atoms with Crippen LogP contribution in [0.4, 0.5) is 5.82 Å². The number of fused-ring (bicyclic) bond motifs is 1. The van der Waals surface area contributed by atoms with Crippen LogP contribution in [0.5, 0.6) is 0 Å². The minimum absolute atomic E-state index is 0.209. The predicted octanol–water partition coefficient (Wildman–Crippen LogP) is 3.93. The highest BCUT2D eigenvalue weighted by molar-refractivity contribution is 9.10. The molecule has 0 bridgehead atoms. The van der Waals surface area contributed by atoms with Crippen molar-refractivity contribution >= 4 is 32.7 Å². The number of hydrogen-bond acceptors (Lipinski definition) is 1. The topological polar surface area (TPSA) is 22.2 Å². The number of benzene rings is 1. The van der Waals surface area contributed by atoms with E-state index in [-0.39, 0.29) is 6.04 Å². The van der Waals surface area contributed by atoms with Crippen LogP contribution in [-0.2, 0) is 0 Å². The standard InChI is InChI=1S/C11H10BrN3/c1-7(2)15-11(13-3)9-6-8(12)4-5-10(9)14-15/h4-7H,1-2H3. The van der Waals surface area contributed by atoms with E-state index in [1.807, 2.05) is 32.0 Å². The summed E-state index contributed by atoms with van der Waals surface area (Å²) >= 11 is 3.40. The smallest absolute Gasteiger partial charge is 0.260 e. The minimum Gasteiger partial charge on any atom is -0.362 e. The fourth-order valence-electron chi connectivity index (χ4n) is 1.53. The Morgan fingerprint density at radius 1 is 1.47 bits per heavy atom. The van der Waals surface area contributed by atoms with Crippen molar-refractivity contribution < 1.29 is 0 Å². The molecule has 0 amide bonds. The van der Waals surface area contributed by atoms with Gasteiger partial charge in [0, 0.05) is 9.86 Å². The molecule has 0 aliphatic heterocycles. The molecule has 76 valence electrons. The van der Waals surface area contributed by atoms with Gasteiger partial charge >= 0.3 is 0 Å². The molecule has 0 fully saturated rings. The van der Waals surface area contributed by atoms with Gasteiger partial charge in [0.2, 0.25) is 0 Å². The third kappa shape index (κ3) is 1.64. The van der Waals surface area contributed by atoms with E-state index < -0.39 is 0 Å². The van der Waals surface area contributed by atoms with Crippen LogP contribution in [0.25, 0.3) is 15.7 Å². The fourth-order valence-corrected chi connectivity index (χ4v) is 1.89. The SMILES string of the molecule is [C-]#[N+]c1c2cc(Br)ccc2nn1C(C)C. The van der Waals surface area contributed by atoms with Crippen molar-refractivity contribution in [3.8, 4) is 0 Å². The summed E-state index contributed by atoms with van der Waals surface area (Å²) in [4.78, 5) is 3.55. The zero-order valence-corrected chi connectivity index (χ0v) is 10.1. The lowest BCUT2D eigenvalue weighted by molar-refractivity contribution is 0.547. The molecule has 0 saturated heterocycles. The number of halogens is 1. The van der Waals surface area contributed by atoms with E-state index in [9.17, 15) is 0 Å². The third-order valence-corrected chi connectivity index (χ3v) is 2.72. The molecule has 0 aliphatic carbocycles. The van der Waals surface area contributed by atoms with E-state index >= 15 is 0 Å². The van der Waals surface area contributed by atoms with Gasteiger partial charge in [-0.15, -0.1) is 5.10 Å². The molecule has 1 heterocycles. The average molecular weight is 264 g/mol. The van der Waals surface area contributed by atoms with Crippen LogP contribution < -0.4 is 0 Å². The van der Waals surface area contributed by atoms with Crippen molar-refractivity contribution in [1.82, 2.24) is 9.78 Å². The minimum atomic E-state index is 0.209. The molecule has 2 rings (SSSR count). The monoisotopic (exact) mass is 263 g/mol. The molecule has 0 radical (unpaired) electrons. The first-order chi connectivity index (χ1) is 7.13. The molecule has 0 N–H and O–H groups in total. The highest BCUT2D eigenvalue weighted by atomic mass is 79.9. The van der Waals surface area contributed by atoms with Crippen molar-refractivity contribution in [2.24, 2.45) is 0 Å². The molecular weight excluding hydrogens is 254 g/mol. The van der Waals surface area contributed by atoms with E-state index in [0.717, 1.165) is 15.4 Å². The second-order valence-corrected chi connectivity index (χ2v) is 4.55. The van der Waals surface area contributed by atoms with Crippen LogP contribution >= 0.6 is 15.9 Å². The van der Waals surface area contributed by atoms with Crippen LogP contribution in [0.2, 0.25) is 0 Å². The zero-order valence-electron chi connectivity index (χ0n) is 8.53. The molecule has 15 heavy (non-hydrogen) atoms. The van der Waals surface area contributed by atoms with E-state index in [1.54, 1.807) is 4.68 Å². The lowest BCUT2D eigenvalue weighted by Gasteiger charge is -2.01. The fraction of sp³-hybridized carbons (Fsp3) is 0.273. The Morgan fingerprint density at radius 2 is 2.20 bits per heavy atom. The number of rotatable bonds is 1. The second kappa shape index (κ2) is 3.67. The number of nitrogens with zero attached hydrogens (tertiary/aromatic N) is 3. The first-order valence-corrected chi connectivity index (χ1v) is 5.48. The van der Waals surface area contributed by atoms with E-state index in [2.05, 4.69) is 25.9 Å². The van der Waals surface area contributed by atoms with Gasteiger partial charge in [-0.1, -0.05) is 22.5 Å². The Labute approximate surface area is 96.7 Å². The van der Waals surface area contributed by atoms with Gasteiger partial charge in [-0.3, -0.25) is 0 Å². The van der Waals surface area contributed by atoms with E-state index in [0.29, 0.717) is 5.82 Å². The van der Waals surface area contributed by atoms with Gasteiger partial charge in [0.05, 0.1) is 0 Å². The van der Waals surface area contributed by atoms with Crippen molar-refractivity contribution in [2.75, 3.05) is 0 Å². The van der Waals surface area contributed by atoms with Gasteiger partial charge < -0.3 is 4.85 Å². The molecule has 4 heteroatoms. The summed E-state index contributed by atoms with van der Waals surface area (Å²) in [5, 5.41) is 5.32.